The number of hydrogen-bond acceptors (Lipinski definition) is 4. The molecule has 33 heavy (non-hydrogen) atoms. The maximum atomic E-state index is 13.0. The van der Waals surface area contributed by atoms with Gasteiger partial charge in [0, 0.05) is 27.2 Å². The molecule has 0 saturated heterocycles. The predicted molar refractivity (Wildman–Crippen MR) is 127 cm³/mol. The quantitative estimate of drug-likeness (QED) is 0.515. The van der Waals surface area contributed by atoms with Gasteiger partial charge in [0.1, 0.15) is 12.1 Å². The molecule has 2 aromatic rings. The highest BCUT2D eigenvalue weighted by Crippen LogP contribution is 2.46. The van der Waals surface area contributed by atoms with E-state index in [1.807, 2.05) is 32.0 Å². The summed E-state index contributed by atoms with van der Waals surface area (Å²) in [6.07, 6.45) is -2.13. The zero-order valence-electron chi connectivity index (χ0n) is 18.5. The van der Waals surface area contributed by atoms with Crippen LogP contribution in [0.15, 0.2) is 42.5 Å². The number of fused-ring (bicyclic) bond motifs is 1. The van der Waals surface area contributed by atoms with E-state index in [2.05, 4.69) is 10.6 Å². The van der Waals surface area contributed by atoms with Crippen molar-refractivity contribution in [2.45, 2.75) is 51.4 Å². The first-order valence-electron chi connectivity index (χ1n) is 10.6. The number of rotatable bonds is 7. The van der Waals surface area contributed by atoms with E-state index in [0.717, 1.165) is 5.56 Å². The Labute approximate surface area is 202 Å². The van der Waals surface area contributed by atoms with Gasteiger partial charge in [0.15, 0.2) is 0 Å². The topological polar surface area (TPSA) is 105 Å². The van der Waals surface area contributed by atoms with Crippen LogP contribution in [-0.2, 0) is 19.1 Å². The van der Waals surface area contributed by atoms with Crippen LogP contribution in [-0.4, -0.2) is 35.0 Å². The van der Waals surface area contributed by atoms with Gasteiger partial charge in [-0.05, 0) is 42.7 Å². The Morgan fingerprint density at radius 2 is 1.85 bits per heavy atom. The summed E-state index contributed by atoms with van der Waals surface area (Å²) in [5.74, 6) is -2.48. The van der Waals surface area contributed by atoms with Gasteiger partial charge in [-0.3, -0.25) is 14.4 Å². The number of benzene rings is 2. The van der Waals surface area contributed by atoms with Crippen molar-refractivity contribution in [1.82, 2.24) is 5.32 Å². The van der Waals surface area contributed by atoms with E-state index >= 15 is 0 Å². The van der Waals surface area contributed by atoms with E-state index in [1.165, 1.54) is 6.92 Å². The first kappa shape index (κ1) is 25.0. The molecular formula is C24H26Cl2N2O5. The number of hydrogen-bond donors (Lipinski definition) is 3. The number of amides is 2. The lowest BCUT2D eigenvalue weighted by molar-refractivity contribution is -0.143. The van der Waals surface area contributed by atoms with E-state index in [9.17, 15) is 14.4 Å². The largest absolute Gasteiger partial charge is 0.480 e. The highest BCUT2D eigenvalue weighted by molar-refractivity contribution is 6.31. The van der Waals surface area contributed by atoms with Crippen LogP contribution in [0.25, 0.3) is 0 Å². The Morgan fingerprint density at radius 3 is 2.48 bits per heavy atom. The van der Waals surface area contributed by atoms with Gasteiger partial charge in [0.25, 0.3) is 5.91 Å². The number of carbonyl (C=O) groups is 3. The number of ether oxygens (including phenoxy) is 1. The standard InChI is InChI=1S/C24H26Cl2N2O5/c1-12(2)21(15-6-4-5-7-17(15)26)22-16-10-14(25)8-9-18(16)28-23(30)19(33-22)11-20(29)27-13(3)24(31)32/h4-10,12-13,19,21-22H,11H2,1-3H3,(H,27,29)(H,28,30)(H,31,32)/t13-,19-,21?,22-/m0/s1. The van der Waals surface area contributed by atoms with Crippen LogP contribution in [0.4, 0.5) is 5.69 Å². The molecule has 2 amide bonds. The number of carbonyl (C=O) groups excluding carboxylic acids is 2. The molecule has 1 aliphatic rings. The molecule has 3 rings (SSSR count). The smallest absolute Gasteiger partial charge is 0.325 e. The summed E-state index contributed by atoms with van der Waals surface area (Å²) in [6, 6.07) is 11.4. The monoisotopic (exact) mass is 492 g/mol. The molecule has 0 aliphatic carbocycles. The number of carboxylic acid groups (broad SMARTS) is 1. The summed E-state index contributed by atoms with van der Waals surface area (Å²) in [7, 11) is 0. The summed E-state index contributed by atoms with van der Waals surface area (Å²) in [6.45, 7) is 5.40. The third kappa shape index (κ3) is 5.85. The first-order chi connectivity index (χ1) is 15.6. The fourth-order valence-electron chi connectivity index (χ4n) is 3.97. The Balaban J connectivity index is 2.02. The second-order valence-corrected chi connectivity index (χ2v) is 9.23. The molecule has 9 heteroatoms. The van der Waals surface area contributed by atoms with Crippen molar-refractivity contribution in [2.75, 3.05) is 5.32 Å². The second-order valence-electron chi connectivity index (χ2n) is 8.39. The van der Waals surface area contributed by atoms with Gasteiger partial charge in [-0.1, -0.05) is 55.2 Å². The summed E-state index contributed by atoms with van der Waals surface area (Å²) in [5, 5.41) is 15.3. The number of aliphatic carboxylic acids is 1. The fraction of sp³-hybridized carbons (Fsp3) is 0.375. The van der Waals surface area contributed by atoms with Crippen molar-refractivity contribution in [3.05, 3.63) is 63.6 Å². The molecule has 2 aromatic carbocycles. The van der Waals surface area contributed by atoms with Crippen molar-refractivity contribution >= 4 is 46.7 Å². The summed E-state index contributed by atoms with van der Waals surface area (Å²) >= 11 is 12.8. The van der Waals surface area contributed by atoms with Gasteiger partial charge < -0.3 is 20.5 Å². The molecule has 0 saturated carbocycles. The van der Waals surface area contributed by atoms with E-state index in [0.29, 0.717) is 21.3 Å². The van der Waals surface area contributed by atoms with E-state index < -0.39 is 36.0 Å². The molecule has 0 fully saturated rings. The molecule has 1 heterocycles. The van der Waals surface area contributed by atoms with Crippen molar-refractivity contribution in [2.24, 2.45) is 5.92 Å². The van der Waals surface area contributed by atoms with Gasteiger partial charge in [-0.15, -0.1) is 0 Å². The minimum absolute atomic E-state index is 0.0523. The van der Waals surface area contributed by atoms with Crippen LogP contribution < -0.4 is 10.6 Å². The lowest BCUT2D eigenvalue weighted by atomic mass is 9.80. The van der Waals surface area contributed by atoms with Gasteiger partial charge in [-0.25, -0.2) is 0 Å². The molecule has 0 aromatic heterocycles. The first-order valence-corrected chi connectivity index (χ1v) is 11.4. The van der Waals surface area contributed by atoms with Gasteiger partial charge in [0.2, 0.25) is 5.91 Å². The number of anilines is 1. The van der Waals surface area contributed by atoms with Crippen LogP contribution >= 0.6 is 23.2 Å². The second kappa shape index (κ2) is 10.5. The molecule has 4 atom stereocenters. The molecular weight excluding hydrogens is 467 g/mol. The zero-order chi connectivity index (χ0) is 24.3. The SMILES string of the molecule is CC(C)C(c1ccccc1Cl)[C@H]1O[C@@H](CC(=O)N[C@@H](C)C(=O)O)C(=O)Nc2ccc(Cl)cc21. The molecule has 3 N–H and O–H groups in total. The average molecular weight is 493 g/mol. The number of halogens is 2. The Hall–Kier alpha value is -2.61. The molecule has 1 aliphatic heterocycles. The Bertz CT molecular complexity index is 1060. The average Bonchev–Trinajstić information content (AvgIpc) is 2.86. The van der Waals surface area contributed by atoms with Crippen LogP contribution in [0.2, 0.25) is 10.0 Å². The zero-order valence-corrected chi connectivity index (χ0v) is 20.0. The van der Waals surface area contributed by atoms with E-state index in [-0.39, 0.29) is 18.3 Å². The van der Waals surface area contributed by atoms with E-state index in [4.69, 9.17) is 33.0 Å². The summed E-state index contributed by atoms with van der Waals surface area (Å²) in [5.41, 5.74) is 2.06. The van der Waals surface area contributed by atoms with Crippen LogP contribution in [0, 0.1) is 5.92 Å². The fourth-order valence-corrected chi connectivity index (χ4v) is 4.42. The summed E-state index contributed by atoms with van der Waals surface area (Å²) in [4.78, 5) is 36.5. The van der Waals surface area contributed by atoms with Crippen LogP contribution in [0.3, 0.4) is 0 Å². The van der Waals surface area contributed by atoms with Crippen molar-refractivity contribution in [1.29, 1.82) is 0 Å². The normalized spacial score (nSPS) is 19.8. The third-order valence-electron chi connectivity index (χ3n) is 5.61. The number of nitrogens with one attached hydrogen (secondary N) is 2. The predicted octanol–water partition coefficient (Wildman–Crippen LogP) is 4.79. The number of carboxylic acids is 1. The Morgan fingerprint density at radius 1 is 1.15 bits per heavy atom. The van der Waals surface area contributed by atoms with Crippen molar-refractivity contribution < 1.29 is 24.2 Å². The van der Waals surface area contributed by atoms with Crippen molar-refractivity contribution in [3.63, 3.8) is 0 Å². The Kier molecular flexibility index (Phi) is 8.00. The molecule has 176 valence electrons. The highest BCUT2D eigenvalue weighted by Gasteiger charge is 2.39. The maximum absolute atomic E-state index is 13.0. The molecule has 0 radical (unpaired) electrons. The van der Waals surface area contributed by atoms with Crippen LogP contribution in [0.5, 0.6) is 0 Å². The molecule has 0 spiro atoms. The van der Waals surface area contributed by atoms with Gasteiger partial charge >= 0.3 is 5.97 Å². The lowest BCUT2D eigenvalue weighted by Gasteiger charge is -2.33. The minimum atomic E-state index is -1.17. The molecule has 7 nitrogen and oxygen atoms in total. The molecule has 1 unspecified atom stereocenters. The third-order valence-corrected chi connectivity index (χ3v) is 6.19. The highest BCUT2D eigenvalue weighted by atomic mass is 35.5. The lowest BCUT2D eigenvalue weighted by Crippen LogP contribution is -2.42. The van der Waals surface area contributed by atoms with Crippen LogP contribution in [0.1, 0.15) is 50.3 Å². The molecule has 0 bridgehead atoms. The summed E-state index contributed by atoms with van der Waals surface area (Å²) < 4.78 is 6.31. The van der Waals surface area contributed by atoms with Crippen molar-refractivity contribution in [3.8, 4) is 0 Å². The minimum Gasteiger partial charge on any atom is -0.480 e. The van der Waals surface area contributed by atoms with Gasteiger partial charge in [-0.2, -0.15) is 0 Å². The maximum Gasteiger partial charge on any atom is 0.325 e. The van der Waals surface area contributed by atoms with E-state index in [1.54, 1.807) is 24.3 Å². The van der Waals surface area contributed by atoms with Gasteiger partial charge in [0.05, 0.1) is 12.5 Å².